The zero-order chi connectivity index (χ0) is 14.0. The summed E-state index contributed by atoms with van der Waals surface area (Å²) >= 11 is 0. The SMILES string of the molecule is O=C(O)c1cc(-c2cccc(C(F)(F)F)c2)ccn1. The molecule has 0 saturated heterocycles. The molecule has 0 saturated carbocycles. The molecule has 1 N–H and O–H groups in total. The summed E-state index contributed by atoms with van der Waals surface area (Å²) in [6.45, 7) is 0. The first-order valence-electron chi connectivity index (χ1n) is 5.25. The van der Waals surface area contributed by atoms with Crippen molar-refractivity contribution in [2.75, 3.05) is 0 Å². The second-order valence-electron chi connectivity index (χ2n) is 3.81. The van der Waals surface area contributed by atoms with Gasteiger partial charge in [0.1, 0.15) is 5.69 Å². The van der Waals surface area contributed by atoms with E-state index in [0.29, 0.717) is 11.1 Å². The van der Waals surface area contributed by atoms with Crippen molar-refractivity contribution in [3.63, 3.8) is 0 Å². The summed E-state index contributed by atoms with van der Waals surface area (Å²) in [5, 5.41) is 8.80. The Morgan fingerprint density at radius 1 is 1.11 bits per heavy atom. The quantitative estimate of drug-likeness (QED) is 0.906. The summed E-state index contributed by atoms with van der Waals surface area (Å²) in [5.41, 5.74) is -0.327. The second kappa shape index (κ2) is 4.72. The van der Waals surface area contributed by atoms with Crippen LogP contribution in [0.1, 0.15) is 16.1 Å². The van der Waals surface area contributed by atoms with E-state index >= 15 is 0 Å². The monoisotopic (exact) mass is 267 g/mol. The van der Waals surface area contributed by atoms with Crippen LogP contribution in [0, 0.1) is 0 Å². The van der Waals surface area contributed by atoms with E-state index < -0.39 is 17.7 Å². The fourth-order valence-corrected chi connectivity index (χ4v) is 1.60. The van der Waals surface area contributed by atoms with Gasteiger partial charge in [0, 0.05) is 6.20 Å². The fourth-order valence-electron chi connectivity index (χ4n) is 1.60. The number of carboxylic acids is 1. The summed E-state index contributed by atoms with van der Waals surface area (Å²) < 4.78 is 37.8. The Bertz CT molecular complexity index is 623. The summed E-state index contributed by atoms with van der Waals surface area (Å²) in [4.78, 5) is 14.4. The largest absolute Gasteiger partial charge is 0.477 e. The zero-order valence-corrected chi connectivity index (χ0v) is 9.48. The molecule has 0 unspecified atom stereocenters. The lowest BCUT2D eigenvalue weighted by Gasteiger charge is -2.09. The highest BCUT2D eigenvalue weighted by Gasteiger charge is 2.30. The minimum atomic E-state index is -4.43. The predicted molar refractivity (Wildman–Crippen MR) is 61.6 cm³/mol. The van der Waals surface area contributed by atoms with E-state index in [4.69, 9.17) is 5.11 Å². The molecule has 98 valence electrons. The number of nitrogens with zero attached hydrogens (tertiary/aromatic N) is 1. The first-order chi connectivity index (χ1) is 8.88. The number of pyridine rings is 1. The van der Waals surface area contributed by atoms with Gasteiger partial charge in [0.15, 0.2) is 0 Å². The standard InChI is InChI=1S/C13H8F3NO2/c14-13(15,16)10-3-1-2-8(6-10)9-4-5-17-11(7-9)12(18)19/h1-7H,(H,18,19). The van der Waals surface area contributed by atoms with Crippen LogP contribution >= 0.6 is 0 Å². The van der Waals surface area contributed by atoms with Crippen molar-refractivity contribution in [3.05, 3.63) is 53.9 Å². The van der Waals surface area contributed by atoms with E-state index in [1.54, 1.807) is 0 Å². The average molecular weight is 267 g/mol. The molecule has 2 rings (SSSR count). The van der Waals surface area contributed by atoms with Gasteiger partial charge in [-0.25, -0.2) is 9.78 Å². The van der Waals surface area contributed by atoms with Crippen molar-refractivity contribution in [3.8, 4) is 11.1 Å². The molecule has 0 fully saturated rings. The minimum absolute atomic E-state index is 0.213. The van der Waals surface area contributed by atoms with Crippen LogP contribution in [0.4, 0.5) is 13.2 Å². The van der Waals surface area contributed by atoms with Crippen molar-refractivity contribution in [1.29, 1.82) is 0 Å². The Hall–Kier alpha value is -2.37. The number of benzene rings is 1. The minimum Gasteiger partial charge on any atom is -0.477 e. The van der Waals surface area contributed by atoms with E-state index in [9.17, 15) is 18.0 Å². The molecule has 0 atom stereocenters. The maximum absolute atomic E-state index is 12.6. The van der Waals surface area contributed by atoms with Crippen LogP contribution in [0.3, 0.4) is 0 Å². The molecule has 3 nitrogen and oxygen atoms in total. The molecule has 0 aliphatic rings. The van der Waals surface area contributed by atoms with Crippen LogP contribution in [0.15, 0.2) is 42.6 Å². The molecule has 0 bridgehead atoms. The highest BCUT2D eigenvalue weighted by atomic mass is 19.4. The van der Waals surface area contributed by atoms with Gasteiger partial charge in [0.25, 0.3) is 0 Å². The Labute approximate surface area is 106 Å². The van der Waals surface area contributed by atoms with Gasteiger partial charge in [0.05, 0.1) is 5.56 Å². The summed E-state index contributed by atoms with van der Waals surface area (Å²) in [6.07, 6.45) is -3.18. The summed E-state index contributed by atoms with van der Waals surface area (Å²) in [7, 11) is 0. The summed E-state index contributed by atoms with van der Waals surface area (Å²) in [6, 6.07) is 7.39. The number of alkyl halides is 3. The lowest BCUT2D eigenvalue weighted by Crippen LogP contribution is -2.04. The van der Waals surface area contributed by atoms with Crippen LogP contribution < -0.4 is 0 Å². The lowest BCUT2D eigenvalue weighted by atomic mass is 10.0. The number of hydrogen-bond acceptors (Lipinski definition) is 2. The maximum Gasteiger partial charge on any atom is 0.416 e. The number of rotatable bonds is 2. The van der Waals surface area contributed by atoms with Gasteiger partial charge in [-0.15, -0.1) is 0 Å². The van der Waals surface area contributed by atoms with Gasteiger partial charge < -0.3 is 5.11 Å². The number of hydrogen-bond donors (Lipinski definition) is 1. The van der Waals surface area contributed by atoms with Crippen LogP contribution in [0.2, 0.25) is 0 Å². The van der Waals surface area contributed by atoms with E-state index in [1.807, 2.05) is 0 Å². The first-order valence-corrected chi connectivity index (χ1v) is 5.25. The van der Waals surface area contributed by atoms with E-state index in [-0.39, 0.29) is 5.69 Å². The second-order valence-corrected chi connectivity index (χ2v) is 3.81. The maximum atomic E-state index is 12.6. The Balaban J connectivity index is 2.48. The van der Waals surface area contributed by atoms with Gasteiger partial charge in [-0.2, -0.15) is 13.2 Å². The smallest absolute Gasteiger partial charge is 0.416 e. The Morgan fingerprint density at radius 2 is 1.79 bits per heavy atom. The van der Waals surface area contributed by atoms with Crippen LogP contribution in [0.25, 0.3) is 11.1 Å². The van der Waals surface area contributed by atoms with E-state index in [0.717, 1.165) is 12.1 Å². The van der Waals surface area contributed by atoms with Crippen molar-refractivity contribution in [2.24, 2.45) is 0 Å². The predicted octanol–water partition coefficient (Wildman–Crippen LogP) is 3.47. The molecule has 2 aromatic rings. The van der Waals surface area contributed by atoms with Crippen LogP contribution in [-0.4, -0.2) is 16.1 Å². The van der Waals surface area contributed by atoms with Crippen LogP contribution in [-0.2, 0) is 6.18 Å². The van der Waals surface area contributed by atoms with E-state index in [2.05, 4.69) is 4.98 Å². The third kappa shape index (κ3) is 2.90. The number of aromatic nitrogens is 1. The number of carbonyl (C=O) groups is 1. The highest BCUT2D eigenvalue weighted by Crippen LogP contribution is 2.32. The Kier molecular flexibility index (Phi) is 3.25. The highest BCUT2D eigenvalue weighted by molar-refractivity contribution is 5.87. The molecule has 1 aromatic carbocycles. The molecule has 0 spiro atoms. The third-order valence-corrected chi connectivity index (χ3v) is 2.50. The van der Waals surface area contributed by atoms with Crippen molar-refractivity contribution in [2.45, 2.75) is 6.18 Å². The molecule has 19 heavy (non-hydrogen) atoms. The molecular formula is C13H8F3NO2. The zero-order valence-electron chi connectivity index (χ0n) is 9.48. The van der Waals surface area contributed by atoms with E-state index in [1.165, 1.54) is 30.5 Å². The van der Waals surface area contributed by atoms with Gasteiger partial charge >= 0.3 is 12.1 Å². The third-order valence-electron chi connectivity index (χ3n) is 2.50. The molecule has 6 heteroatoms. The van der Waals surface area contributed by atoms with Gasteiger partial charge in [-0.1, -0.05) is 12.1 Å². The molecule has 0 radical (unpaired) electrons. The molecule has 1 aromatic heterocycles. The van der Waals surface area contributed by atoms with Crippen molar-refractivity contribution < 1.29 is 23.1 Å². The molecular weight excluding hydrogens is 259 g/mol. The van der Waals surface area contributed by atoms with Crippen molar-refractivity contribution in [1.82, 2.24) is 4.98 Å². The van der Waals surface area contributed by atoms with Crippen LogP contribution in [0.5, 0.6) is 0 Å². The lowest BCUT2D eigenvalue weighted by molar-refractivity contribution is -0.137. The Morgan fingerprint density at radius 3 is 2.42 bits per heavy atom. The normalized spacial score (nSPS) is 11.3. The molecule has 0 aliphatic heterocycles. The molecule has 1 heterocycles. The topological polar surface area (TPSA) is 50.2 Å². The fraction of sp³-hybridized carbons (Fsp3) is 0.0769. The molecule has 0 amide bonds. The number of halogens is 3. The van der Waals surface area contributed by atoms with Gasteiger partial charge in [0.2, 0.25) is 0 Å². The average Bonchev–Trinajstić information content (AvgIpc) is 2.38. The summed E-state index contributed by atoms with van der Waals surface area (Å²) in [5.74, 6) is -1.23. The number of aromatic carboxylic acids is 1. The van der Waals surface area contributed by atoms with Crippen molar-refractivity contribution >= 4 is 5.97 Å². The van der Waals surface area contributed by atoms with Gasteiger partial charge in [-0.05, 0) is 35.4 Å². The number of carboxylic acid groups (broad SMARTS) is 1. The van der Waals surface area contributed by atoms with Gasteiger partial charge in [-0.3, -0.25) is 0 Å². The molecule has 0 aliphatic carbocycles. The first kappa shape index (κ1) is 13.1.